The Morgan fingerprint density at radius 3 is 2.28 bits per heavy atom. The molecular weight excluding hydrogens is 461 g/mol. The van der Waals surface area contributed by atoms with Crippen LogP contribution in [0.3, 0.4) is 0 Å². The molecule has 2 aromatic carbocycles. The zero-order valence-corrected chi connectivity index (χ0v) is 22.1. The van der Waals surface area contributed by atoms with E-state index in [-0.39, 0.29) is 17.9 Å². The summed E-state index contributed by atoms with van der Waals surface area (Å²) in [6.45, 7) is 8.75. The number of hydrogen-bond donors (Lipinski definition) is 4. The van der Waals surface area contributed by atoms with Crippen molar-refractivity contribution in [1.29, 1.82) is 0 Å². The van der Waals surface area contributed by atoms with Gasteiger partial charge in [-0.25, -0.2) is 0 Å². The molecule has 1 aliphatic heterocycles. The van der Waals surface area contributed by atoms with E-state index in [1.165, 1.54) is 19.2 Å². The van der Waals surface area contributed by atoms with Gasteiger partial charge in [0.15, 0.2) is 0 Å². The fraction of sp³-hybridized carbons (Fsp3) is 0.448. The summed E-state index contributed by atoms with van der Waals surface area (Å²) in [7, 11) is 1.50. The van der Waals surface area contributed by atoms with E-state index in [1.54, 1.807) is 6.07 Å². The number of hydrogen-bond acceptors (Lipinski definition) is 4. The van der Waals surface area contributed by atoms with Gasteiger partial charge in [0.05, 0.1) is 5.56 Å². The summed E-state index contributed by atoms with van der Waals surface area (Å²) in [5, 5.41) is 6.77. The Morgan fingerprint density at radius 2 is 1.64 bits per heavy atom. The van der Waals surface area contributed by atoms with Gasteiger partial charge in [-0.15, -0.1) is 0 Å². The molecule has 2 aromatic rings. The highest BCUT2D eigenvalue weighted by Crippen LogP contribution is 2.33. The third-order valence-corrected chi connectivity index (χ3v) is 5.80. The van der Waals surface area contributed by atoms with Crippen LogP contribution in [0.2, 0.25) is 0 Å². The number of anilines is 1. The molecule has 0 aliphatic carbocycles. The fourth-order valence-electron chi connectivity index (χ4n) is 4.04. The maximum atomic E-state index is 13.5. The molecule has 6 N–H and O–H groups in total. The van der Waals surface area contributed by atoms with Crippen LogP contribution in [-0.2, 0) is 12.6 Å². The van der Waals surface area contributed by atoms with Crippen LogP contribution in [0.5, 0.6) is 0 Å². The number of nitrogens with one attached hydrogen (secondary N) is 2. The molecule has 0 radical (unpaired) electrons. The molecule has 1 aliphatic rings. The van der Waals surface area contributed by atoms with Gasteiger partial charge in [0.2, 0.25) is 0 Å². The molecule has 0 aromatic heterocycles. The second-order valence-corrected chi connectivity index (χ2v) is 8.16. The van der Waals surface area contributed by atoms with Gasteiger partial charge < -0.3 is 22.1 Å². The van der Waals surface area contributed by atoms with Crippen molar-refractivity contribution in [2.45, 2.75) is 52.6 Å². The van der Waals surface area contributed by atoms with E-state index < -0.39 is 11.7 Å². The van der Waals surface area contributed by atoms with Crippen LogP contribution in [0.1, 0.15) is 56.7 Å². The molecule has 0 spiro atoms. The molecule has 0 saturated carbocycles. The van der Waals surface area contributed by atoms with Crippen molar-refractivity contribution < 1.29 is 13.2 Å². The first kappa shape index (κ1) is 31.3. The lowest BCUT2D eigenvalue weighted by Gasteiger charge is -2.23. The summed E-state index contributed by atoms with van der Waals surface area (Å²) in [5.41, 5.74) is 14.2. The first-order chi connectivity index (χ1) is 17.4. The number of piperidine rings is 1. The van der Waals surface area contributed by atoms with E-state index in [4.69, 9.17) is 5.73 Å². The minimum atomic E-state index is -4.38. The lowest BCUT2D eigenvalue weighted by atomic mass is 9.91. The quantitative estimate of drug-likeness (QED) is 0.306. The highest BCUT2D eigenvalue weighted by molar-refractivity contribution is 5.82. The standard InChI is InChI=1S/C26H32F3N3.C2H6.CH5N/c1-2-15-32-25-10-6-4-8-22(25)21(18-24(30)20-13-16-31-17-14-20)12-11-19-7-3-5-9-23(19)26(27,28)29;2*1-2/h3-10,12,18,20,31-32H,2,11,13-17,30H2,1H3;1-2H3;2H2,1H3/b21-12+,24-18-;;. The largest absolute Gasteiger partial charge is 0.416 e. The van der Waals surface area contributed by atoms with E-state index in [2.05, 4.69) is 23.3 Å². The average molecular weight is 505 g/mol. The number of benzene rings is 2. The van der Waals surface area contributed by atoms with E-state index in [0.29, 0.717) is 0 Å². The average Bonchev–Trinajstić information content (AvgIpc) is 2.92. The van der Waals surface area contributed by atoms with Crippen molar-refractivity contribution in [3.63, 3.8) is 0 Å². The van der Waals surface area contributed by atoms with Crippen LogP contribution >= 0.6 is 0 Å². The maximum Gasteiger partial charge on any atom is 0.416 e. The molecule has 3 rings (SSSR count). The summed E-state index contributed by atoms with van der Waals surface area (Å²) in [5.74, 6) is 0.276. The Hall–Kier alpha value is -2.77. The van der Waals surface area contributed by atoms with Crippen molar-refractivity contribution in [1.82, 2.24) is 5.32 Å². The number of allylic oxidation sites excluding steroid dienone is 4. The third-order valence-electron chi connectivity index (χ3n) is 5.80. The summed E-state index contributed by atoms with van der Waals surface area (Å²) in [4.78, 5) is 0. The lowest BCUT2D eigenvalue weighted by Crippen LogP contribution is -2.30. The maximum absolute atomic E-state index is 13.5. The topological polar surface area (TPSA) is 76.1 Å². The normalized spacial score (nSPS) is 14.8. The Labute approximate surface area is 215 Å². The molecule has 4 nitrogen and oxygen atoms in total. The molecule has 1 saturated heterocycles. The predicted molar refractivity (Wildman–Crippen MR) is 148 cm³/mol. The van der Waals surface area contributed by atoms with Crippen molar-refractivity contribution in [3.05, 3.63) is 83.1 Å². The van der Waals surface area contributed by atoms with Crippen LogP contribution in [0.25, 0.3) is 5.57 Å². The van der Waals surface area contributed by atoms with Crippen molar-refractivity contribution in [2.24, 2.45) is 17.4 Å². The Balaban J connectivity index is 0.00000154. The van der Waals surface area contributed by atoms with Gasteiger partial charge in [0.1, 0.15) is 0 Å². The zero-order valence-electron chi connectivity index (χ0n) is 22.1. The highest BCUT2D eigenvalue weighted by Gasteiger charge is 2.32. The summed E-state index contributed by atoms with van der Waals surface area (Å²) in [6, 6.07) is 13.6. The lowest BCUT2D eigenvalue weighted by molar-refractivity contribution is -0.138. The van der Waals surface area contributed by atoms with Crippen LogP contribution in [0, 0.1) is 5.92 Å². The third kappa shape index (κ3) is 9.70. The first-order valence-corrected chi connectivity index (χ1v) is 12.8. The number of nitrogens with two attached hydrogens (primary N) is 2. The van der Waals surface area contributed by atoms with Gasteiger partial charge in [-0.1, -0.05) is 63.2 Å². The fourth-order valence-corrected chi connectivity index (χ4v) is 4.04. The summed E-state index contributed by atoms with van der Waals surface area (Å²) in [6.07, 6.45) is 2.51. The van der Waals surface area contributed by atoms with Gasteiger partial charge in [0.25, 0.3) is 0 Å². The van der Waals surface area contributed by atoms with E-state index in [0.717, 1.165) is 67.5 Å². The van der Waals surface area contributed by atoms with Gasteiger partial charge in [-0.3, -0.25) is 0 Å². The molecule has 7 heteroatoms. The Morgan fingerprint density at radius 1 is 1.03 bits per heavy atom. The monoisotopic (exact) mass is 504 g/mol. The summed E-state index contributed by atoms with van der Waals surface area (Å²) < 4.78 is 40.5. The Bertz CT molecular complexity index is 946. The number of alkyl halides is 3. The van der Waals surface area contributed by atoms with Gasteiger partial charge >= 0.3 is 6.18 Å². The zero-order chi connectivity index (χ0) is 27.0. The van der Waals surface area contributed by atoms with Crippen molar-refractivity contribution in [2.75, 3.05) is 32.0 Å². The minimum absolute atomic E-state index is 0.170. The van der Waals surface area contributed by atoms with Crippen LogP contribution in [0.4, 0.5) is 18.9 Å². The molecule has 1 fully saturated rings. The van der Waals surface area contributed by atoms with Crippen molar-refractivity contribution in [3.8, 4) is 0 Å². The predicted octanol–water partition coefficient (Wildman–Crippen LogP) is 6.60. The SMILES string of the molecule is CC.CCCNc1ccccc1C(/C=C(\N)C1CCNCC1)=C/Cc1ccccc1C(F)(F)F.CN. The second kappa shape index (κ2) is 16.8. The van der Waals surface area contributed by atoms with E-state index in [1.807, 2.05) is 50.3 Å². The number of para-hydroxylation sites is 1. The van der Waals surface area contributed by atoms with Gasteiger partial charge in [-0.05, 0) is 75.2 Å². The minimum Gasteiger partial charge on any atom is -0.402 e. The first-order valence-electron chi connectivity index (χ1n) is 12.8. The Kier molecular flexibility index (Phi) is 14.6. The number of halogens is 3. The molecule has 36 heavy (non-hydrogen) atoms. The number of rotatable bonds is 8. The van der Waals surface area contributed by atoms with Crippen molar-refractivity contribution >= 4 is 11.3 Å². The van der Waals surface area contributed by atoms with Crippen LogP contribution in [0.15, 0.2) is 66.4 Å². The smallest absolute Gasteiger partial charge is 0.402 e. The molecule has 200 valence electrons. The highest BCUT2D eigenvalue weighted by atomic mass is 19.4. The molecule has 0 bridgehead atoms. The molecule has 0 atom stereocenters. The van der Waals surface area contributed by atoms with E-state index >= 15 is 0 Å². The molecular formula is C29H43F3N4. The van der Waals surface area contributed by atoms with Gasteiger partial charge in [0, 0.05) is 29.4 Å². The second-order valence-electron chi connectivity index (χ2n) is 8.16. The molecule has 0 unspecified atom stereocenters. The van der Waals surface area contributed by atoms with E-state index in [9.17, 15) is 13.2 Å². The van der Waals surface area contributed by atoms with Crippen LogP contribution in [-0.4, -0.2) is 26.7 Å². The van der Waals surface area contributed by atoms with Crippen LogP contribution < -0.4 is 22.1 Å². The van der Waals surface area contributed by atoms with Gasteiger partial charge in [-0.2, -0.15) is 13.2 Å². The molecule has 0 amide bonds. The molecule has 1 heterocycles. The summed E-state index contributed by atoms with van der Waals surface area (Å²) >= 11 is 0.